The Balaban J connectivity index is 1.25. The summed E-state index contributed by atoms with van der Waals surface area (Å²) in [4.78, 5) is 17.0. The number of methoxy groups -OCH3 is 1. The lowest BCUT2D eigenvalue weighted by Gasteiger charge is -2.15. The van der Waals surface area contributed by atoms with Crippen molar-refractivity contribution in [3.8, 4) is 5.75 Å². The maximum atomic E-state index is 13.4. The van der Waals surface area contributed by atoms with Crippen LogP contribution in [0.2, 0.25) is 0 Å². The van der Waals surface area contributed by atoms with Gasteiger partial charge in [-0.2, -0.15) is 0 Å². The van der Waals surface area contributed by atoms with E-state index in [9.17, 15) is 13.2 Å². The highest BCUT2D eigenvalue weighted by molar-refractivity contribution is 7.91. The largest absolute Gasteiger partial charge is 0.495 e. The number of rotatable bonds is 9. The summed E-state index contributed by atoms with van der Waals surface area (Å²) in [5, 5.41) is 2.86. The molecular formula is C29H29N5O4S. The van der Waals surface area contributed by atoms with Crippen molar-refractivity contribution < 1.29 is 17.9 Å². The molecule has 0 saturated carbocycles. The van der Waals surface area contributed by atoms with Crippen LogP contribution < -0.4 is 20.9 Å². The molecule has 0 radical (unpaired) electrons. The van der Waals surface area contributed by atoms with E-state index in [2.05, 4.69) is 27.2 Å². The fourth-order valence-electron chi connectivity index (χ4n) is 4.25. The number of carbonyl (C=O) groups excluding carboxylic acids is 1. The molecule has 1 aliphatic carbocycles. The highest BCUT2D eigenvalue weighted by atomic mass is 32.2. The van der Waals surface area contributed by atoms with Crippen LogP contribution in [0.1, 0.15) is 35.2 Å². The Morgan fingerprint density at radius 2 is 1.92 bits per heavy atom. The van der Waals surface area contributed by atoms with Crippen molar-refractivity contribution in [1.29, 1.82) is 0 Å². The van der Waals surface area contributed by atoms with E-state index in [0.29, 0.717) is 11.3 Å². The van der Waals surface area contributed by atoms with E-state index in [4.69, 9.17) is 4.74 Å². The Hall–Kier alpha value is -4.57. The van der Waals surface area contributed by atoms with Crippen LogP contribution in [0.25, 0.3) is 5.65 Å². The lowest BCUT2D eigenvalue weighted by Crippen LogP contribution is -2.23. The Kier molecular flexibility index (Phi) is 7.64. The van der Waals surface area contributed by atoms with Crippen LogP contribution in [0.4, 0.5) is 5.69 Å². The predicted octanol–water partition coefficient (Wildman–Crippen LogP) is 4.65. The smallest absolute Gasteiger partial charge is 0.253 e. The Morgan fingerprint density at radius 1 is 1.08 bits per heavy atom. The maximum absolute atomic E-state index is 13.4. The molecule has 10 heteroatoms. The van der Waals surface area contributed by atoms with Crippen molar-refractivity contribution in [3.05, 3.63) is 108 Å². The number of fused-ring (bicyclic) bond motifs is 1. The van der Waals surface area contributed by atoms with Gasteiger partial charge in [0.2, 0.25) is 9.84 Å². The molecule has 3 N–H and O–H groups in total. The van der Waals surface area contributed by atoms with E-state index >= 15 is 0 Å². The first-order valence-corrected chi connectivity index (χ1v) is 14.0. The maximum Gasteiger partial charge on any atom is 0.253 e. The van der Waals surface area contributed by atoms with E-state index in [1.54, 1.807) is 59.4 Å². The topological polar surface area (TPSA) is 114 Å². The Bertz CT molecular complexity index is 1660. The normalized spacial score (nSPS) is 13.4. The highest BCUT2D eigenvalue weighted by Gasteiger charge is 2.22. The van der Waals surface area contributed by atoms with Gasteiger partial charge in [-0.25, -0.2) is 13.4 Å². The second kappa shape index (κ2) is 11.4. The summed E-state index contributed by atoms with van der Waals surface area (Å²) in [6.45, 7) is 0.254. The lowest BCUT2D eigenvalue weighted by atomic mass is 10.2. The third-order valence-electron chi connectivity index (χ3n) is 6.41. The second-order valence-electron chi connectivity index (χ2n) is 9.07. The molecule has 4 aromatic rings. The summed E-state index contributed by atoms with van der Waals surface area (Å²) in [7, 11) is -2.39. The first-order valence-electron chi connectivity index (χ1n) is 12.5. The third-order valence-corrected chi connectivity index (χ3v) is 8.22. The number of nitrogens with one attached hydrogen (secondary N) is 3. The average molecular weight is 544 g/mol. The number of sulfone groups is 1. The van der Waals surface area contributed by atoms with Crippen LogP contribution in [0.3, 0.4) is 0 Å². The summed E-state index contributed by atoms with van der Waals surface area (Å²) in [5.41, 5.74) is 10.1. The second-order valence-corrected chi connectivity index (χ2v) is 11.0. The fourth-order valence-corrected chi connectivity index (χ4v) is 5.65. The molecule has 0 atom stereocenters. The van der Waals surface area contributed by atoms with Gasteiger partial charge in [0.05, 0.1) is 23.3 Å². The zero-order valence-corrected chi connectivity index (χ0v) is 22.2. The number of imidazole rings is 1. The van der Waals surface area contributed by atoms with E-state index in [1.807, 2.05) is 12.2 Å². The summed E-state index contributed by atoms with van der Waals surface area (Å²) in [5.74, 6) is 0.00441. The Morgan fingerprint density at radius 3 is 2.74 bits per heavy atom. The van der Waals surface area contributed by atoms with E-state index < -0.39 is 9.84 Å². The van der Waals surface area contributed by atoms with Crippen molar-refractivity contribution in [3.63, 3.8) is 0 Å². The lowest BCUT2D eigenvalue weighted by molar-refractivity contribution is 0.0950. The first-order chi connectivity index (χ1) is 18.9. The zero-order valence-electron chi connectivity index (χ0n) is 21.4. The van der Waals surface area contributed by atoms with Gasteiger partial charge in [-0.15, -0.1) is 0 Å². The molecule has 0 bridgehead atoms. The minimum atomic E-state index is -3.83. The highest BCUT2D eigenvalue weighted by Crippen LogP contribution is 2.32. The van der Waals surface area contributed by atoms with Crippen LogP contribution in [-0.4, -0.2) is 30.8 Å². The molecule has 39 heavy (non-hydrogen) atoms. The molecule has 1 amide bonds. The van der Waals surface area contributed by atoms with Crippen LogP contribution in [-0.2, 0) is 16.4 Å². The molecule has 200 valence electrons. The molecule has 0 unspecified atom stereocenters. The zero-order chi connectivity index (χ0) is 27.2. The van der Waals surface area contributed by atoms with Crippen molar-refractivity contribution >= 4 is 27.1 Å². The first kappa shape index (κ1) is 26.1. The number of hydrogen-bond acceptors (Lipinski definition) is 7. The molecule has 0 saturated heterocycles. The quantitative estimate of drug-likeness (QED) is 0.264. The van der Waals surface area contributed by atoms with Gasteiger partial charge < -0.3 is 25.3 Å². The van der Waals surface area contributed by atoms with Gasteiger partial charge in [0, 0.05) is 36.9 Å². The summed E-state index contributed by atoms with van der Waals surface area (Å²) in [6.07, 6.45) is 14.3. The number of ether oxygens (including phenoxy) is 1. The number of carbonyl (C=O) groups is 1. The molecule has 0 fully saturated rings. The van der Waals surface area contributed by atoms with E-state index in [0.717, 1.165) is 36.2 Å². The fraction of sp³-hybridized carbons (Fsp3) is 0.172. The van der Waals surface area contributed by atoms with Gasteiger partial charge in [-0.05, 0) is 67.3 Å². The number of hydrogen-bond donors (Lipinski definition) is 3. The monoisotopic (exact) mass is 543 g/mol. The third kappa shape index (κ3) is 5.96. The standard InChI is InChI=1S/C29H29N5O4S/c1-38-26-18-24(33-32-23-6-4-2-3-5-7-23)11-14-27(26)39(36,37)25-12-8-21(9-13-25)19-31-29(35)22-10-15-28-30-16-17-34(28)20-22/h2,4,6,8-18,20,32-33H,3,5,7,19H2,1H3,(H,31,35). The number of pyridine rings is 1. The minimum Gasteiger partial charge on any atom is -0.495 e. The summed E-state index contributed by atoms with van der Waals surface area (Å²) >= 11 is 0. The van der Waals surface area contributed by atoms with Crippen LogP contribution in [0.5, 0.6) is 5.75 Å². The van der Waals surface area contributed by atoms with Gasteiger partial charge in [-0.1, -0.05) is 24.3 Å². The molecule has 2 aromatic heterocycles. The van der Waals surface area contributed by atoms with Crippen molar-refractivity contribution in [1.82, 2.24) is 20.1 Å². The number of anilines is 1. The SMILES string of the molecule is COc1cc(NNC2=CC=CCCC2)ccc1S(=O)(=O)c1ccc(CNC(=O)c2ccc3nccn3c2)cc1. The van der Waals surface area contributed by atoms with Crippen LogP contribution in [0, 0.1) is 0 Å². The number of amides is 1. The Labute approximate surface area is 227 Å². The predicted molar refractivity (Wildman–Crippen MR) is 149 cm³/mol. The number of benzene rings is 2. The summed E-state index contributed by atoms with van der Waals surface area (Å²) in [6, 6.07) is 14.8. The molecule has 2 heterocycles. The number of hydrazine groups is 1. The van der Waals surface area contributed by atoms with Gasteiger partial charge in [0.1, 0.15) is 16.3 Å². The molecule has 5 rings (SSSR count). The van der Waals surface area contributed by atoms with Crippen molar-refractivity contribution in [2.45, 2.75) is 35.6 Å². The van der Waals surface area contributed by atoms with E-state index in [1.165, 1.54) is 25.3 Å². The summed E-state index contributed by atoms with van der Waals surface area (Å²) < 4.78 is 34.0. The van der Waals surface area contributed by atoms with E-state index in [-0.39, 0.29) is 28.0 Å². The molecular weight excluding hydrogens is 514 g/mol. The molecule has 1 aliphatic rings. The number of allylic oxidation sites excluding steroid dienone is 4. The van der Waals surface area contributed by atoms with Crippen LogP contribution >= 0.6 is 0 Å². The van der Waals surface area contributed by atoms with Gasteiger partial charge >= 0.3 is 0 Å². The van der Waals surface area contributed by atoms with Crippen LogP contribution in [0.15, 0.2) is 107 Å². The van der Waals surface area contributed by atoms with Crippen molar-refractivity contribution in [2.24, 2.45) is 0 Å². The van der Waals surface area contributed by atoms with Crippen molar-refractivity contribution in [2.75, 3.05) is 12.5 Å². The molecule has 9 nitrogen and oxygen atoms in total. The average Bonchev–Trinajstić information content (AvgIpc) is 3.28. The minimum absolute atomic E-state index is 0.0723. The van der Waals surface area contributed by atoms with Gasteiger partial charge in [0.15, 0.2) is 0 Å². The molecule has 2 aromatic carbocycles. The number of nitrogens with zero attached hydrogens (tertiary/aromatic N) is 2. The van der Waals surface area contributed by atoms with Gasteiger partial charge in [-0.3, -0.25) is 4.79 Å². The molecule has 0 spiro atoms. The number of aromatic nitrogens is 2. The molecule has 0 aliphatic heterocycles. The van der Waals surface area contributed by atoms with Gasteiger partial charge in [0.25, 0.3) is 5.91 Å².